The fraction of sp³-hybridized carbons (Fsp3) is 0.800. The minimum atomic E-state index is -4.36. The average molecular weight is 237 g/mol. The number of hydrogen-bond donors (Lipinski definition) is 0. The molecule has 1 saturated heterocycles. The summed E-state index contributed by atoms with van der Waals surface area (Å²) < 4.78 is 35.9. The zero-order chi connectivity index (χ0) is 12.5. The summed E-state index contributed by atoms with van der Waals surface area (Å²) in [6, 6.07) is 0. The minimum Gasteiger partial charge on any atom is -0.332 e. The van der Waals surface area contributed by atoms with Gasteiger partial charge in [-0.3, -0.25) is 9.59 Å². The van der Waals surface area contributed by atoms with Crippen LogP contribution in [-0.4, -0.2) is 35.9 Å². The standard InChI is InChI=1S/C10H14F3NO2/c1-6(2)8(15)3-7-4-14(9(7)16)5-10(11,12)13/h6-7H,3-5H2,1-2H3/t7-/m1/s1. The van der Waals surface area contributed by atoms with Crippen LogP contribution < -0.4 is 0 Å². The van der Waals surface area contributed by atoms with Crippen LogP contribution in [0.15, 0.2) is 0 Å². The van der Waals surface area contributed by atoms with Gasteiger partial charge in [0.05, 0.1) is 5.92 Å². The molecule has 3 nitrogen and oxygen atoms in total. The van der Waals surface area contributed by atoms with E-state index in [2.05, 4.69) is 0 Å². The van der Waals surface area contributed by atoms with Gasteiger partial charge < -0.3 is 4.90 Å². The highest BCUT2D eigenvalue weighted by atomic mass is 19.4. The fourth-order valence-corrected chi connectivity index (χ4v) is 1.57. The Balaban J connectivity index is 2.38. The average Bonchev–Trinajstić information content (AvgIpc) is 2.13. The zero-order valence-electron chi connectivity index (χ0n) is 9.17. The van der Waals surface area contributed by atoms with Crippen molar-refractivity contribution in [3.63, 3.8) is 0 Å². The first-order valence-corrected chi connectivity index (χ1v) is 5.09. The smallest absolute Gasteiger partial charge is 0.332 e. The molecule has 16 heavy (non-hydrogen) atoms. The van der Waals surface area contributed by atoms with Gasteiger partial charge in [0.15, 0.2) is 0 Å². The van der Waals surface area contributed by atoms with E-state index in [9.17, 15) is 22.8 Å². The summed E-state index contributed by atoms with van der Waals surface area (Å²) in [7, 11) is 0. The Morgan fingerprint density at radius 1 is 1.50 bits per heavy atom. The number of rotatable bonds is 4. The first-order valence-electron chi connectivity index (χ1n) is 5.09. The van der Waals surface area contributed by atoms with Crippen LogP contribution in [0.3, 0.4) is 0 Å². The summed E-state index contributed by atoms with van der Waals surface area (Å²) >= 11 is 0. The highest BCUT2D eigenvalue weighted by Gasteiger charge is 2.43. The number of nitrogens with zero attached hydrogens (tertiary/aromatic N) is 1. The number of carbonyl (C=O) groups is 2. The third kappa shape index (κ3) is 3.21. The van der Waals surface area contributed by atoms with Crippen LogP contribution in [0.5, 0.6) is 0 Å². The molecule has 0 radical (unpaired) electrons. The lowest BCUT2D eigenvalue weighted by atomic mass is 9.89. The van der Waals surface area contributed by atoms with Gasteiger partial charge in [0.2, 0.25) is 5.91 Å². The van der Waals surface area contributed by atoms with Gasteiger partial charge in [0.1, 0.15) is 12.3 Å². The van der Waals surface area contributed by atoms with Gasteiger partial charge in [-0.15, -0.1) is 0 Å². The third-order valence-electron chi connectivity index (χ3n) is 2.56. The Bertz CT molecular complexity index is 299. The van der Waals surface area contributed by atoms with Crippen molar-refractivity contribution in [2.45, 2.75) is 26.4 Å². The van der Waals surface area contributed by atoms with Crippen LogP contribution in [0.1, 0.15) is 20.3 Å². The fourth-order valence-electron chi connectivity index (χ4n) is 1.57. The second kappa shape index (κ2) is 4.43. The second-order valence-electron chi connectivity index (χ2n) is 4.36. The maximum absolute atomic E-state index is 12.0. The van der Waals surface area contributed by atoms with E-state index in [4.69, 9.17) is 0 Å². The summed E-state index contributed by atoms with van der Waals surface area (Å²) in [6.07, 6.45) is -4.30. The quantitative estimate of drug-likeness (QED) is 0.697. The van der Waals surface area contributed by atoms with E-state index in [-0.39, 0.29) is 24.7 Å². The van der Waals surface area contributed by atoms with Crippen molar-refractivity contribution in [3.8, 4) is 0 Å². The van der Waals surface area contributed by atoms with Crippen molar-refractivity contribution in [3.05, 3.63) is 0 Å². The van der Waals surface area contributed by atoms with E-state index < -0.39 is 24.5 Å². The summed E-state index contributed by atoms with van der Waals surface area (Å²) in [5.41, 5.74) is 0. The number of β-lactam (4-membered cyclic amide) rings is 1. The van der Waals surface area contributed by atoms with Crippen molar-refractivity contribution in [1.82, 2.24) is 4.90 Å². The molecule has 0 spiro atoms. The molecule has 92 valence electrons. The maximum atomic E-state index is 12.0. The van der Waals surface area contributed by atoms with Gasteiger partial charge in [-0.2, -0.15) is 13.2 Å². The van der Waals surface area contributed by atoms with E-state index >= 15 is 0 Å². The molecule has 1 aliphatic heterocycles. The predicted molar refractivity (Wildman–Crippen MR) is 50.6 cm³/mol. The number of hydrogen-bond acceptors (Lipinski definition) is 2. The van der Waals surface area contributed by atoms with Crippen molar-refractivity contribution in [1.29, 1.82) is 0 Å². The first-order chi connectivity index (χ1) is 7.20. The van der Waals surface area contributed by atoms with Gasteiger partial charge >= 0.3 is 6.18 Å². The molecular weight excluding hydrogens is 223 g/mol. The highest BCUT2D eigenvalue weighted by molar-refractivity contribution is 5.91. The van der Waals surface area contributed by atoms with Gasteiger partial charge in [-0.05, 0) is 0 Å². The molecule has 1 amide bonds. The molecular formula is C10H14F3NO2. The zero-order valence-corrected chi connectivity index (χ0v) is 9.17. The molecule has 0 aromatic heterocycles. The Hall–Kier alpha value is -1.07. The molecule has 1 rings (SSSR count). The Kier molecular flexibility index (Phi) is 3.60. The first kappa shape index (κ1) is 13.0. The SMILES string of the molecule is CC(C)C(=O)C[C@@H]1CN(CC(F)(F)F)C1=O. The maximum Gasteiger partial charge on any atom is 0.406 e. The largest absolute Gasteiger partial charge is 0.406 e. The molecule has 0 bridgehead atoms. The molecule has 0 aromatic carbocycles. The summed E-state index contributed by atoms with van der Waals surface area (Å²) in [6.45, 7) is 2.24. The number of likely N-dealkylation sites (tertiary alicyclic amines) is 1. The minimum absolute atomic E-state index is 0.0385. The lowest BCUT2D eigenvalue weighted by Crippen LogP contribution is -2.56. The van der Waals surface area contributed by atoms with Crippen molar-refractivity contribution >= 4 is 11.7 Å². The highest BCUT2D eigenvalue weighted by Crippen LogP contribution is 2.27. The molecule has 1 aliphatic rings. The number of amides is 1. The van der Waals surface area contributed by atoms with Crippen LogP contribution in [0.2, 0.25) is 0 Å². The monoisotopic (exact) mass is 237 g/mol. The molecule has 0 saturated carbocycles. The summed E-state index contributed by atoms with van der Waals surface area (Å²) in [4.78, 5) is 23.3. The topological polar surface area (TPSA) is 37.4 Å². The van der Waals surface area contributed by atoms with Crippen LogP contribution in [0, 0.1) is 11.8 Å². The number of carbonyl (C=O) groups excluding carboxylic acids is 2. The molecule has 0 N–H and O–H groups in total. The molecule has 6 heteroatoms. The normalized spacial score (nSPS) is 21.2. The van der Waals surface area contributed by atoms with E-state index in [1.807, 2.05) is 0 Å². The van der Waals surface area contributed by atoms with Crippen molar-refractivity contribution in [2.75, 3.05) is 13.1 Å². The second-order valence-corrected chi connectivity index (χ2v) is 4.36. The van der Waals surface area contributed by atoms with E-state index in [1.165, 1.54) is 0 Å². The Labute approximate surface area is 91.6 Å². The summed E-state index contributed by atoms with van der Waals surface area (Å²) in [5.74, 6) is -1.36. The van der Waals surface area contributed by atoms with Crippen molar-refractivity contribution < 1.29 is 22.8 Å². The van der Waals surface area contributed by atoms with Gasteiger partial charge in [-0.1, -0.05) is 13.8 Å². The van der Waals surface area contributed by atoms with Gasteiger partial charge in [0, 0.05) is 18.9 Å². The Morgan fingerprint density at radius 2 is 2.06 bits per heavy atom. The van der Waals surface area contributed by atoms with Crippen LogP contribution >= 0.6 is 0 Å². The van der Waals surface area contributed by atoms with E-state index in [0.29, 0.717) is 0 Å². The molecule has 1 heterocycles. The predicted octanol–water partition coefficient (Wildman–Crippen LogP) is 1.62. The molecule has 0 aliphatic carbocycles. The number of halogens is 3. The number of ketones is 1. The van der Waals surface area contributed by atoms with Gasteiger partial charge in [0.25, 0.3) is 0 Å². The number of Topliss-reactive ketones (excluding diaryl/α,β-unsaturated/α-hetero) is 1. The third-order valence-corrected chi connectivity index (χ3v) is 2.56. The van der Waals surface area contributed by atoms with Crippen LogP contribution in [0.4, 0.5) is 13.2 Å². The molecule has 1 fully saturated rings. The lowest BCUT2D eigenvalue weighted by molar-refractivity contribution is -0.178. The van der Waals surface area contributed by atoms with Crippen molar-refractivity contribution in [2.24, 2.45) is 11.8 Å². The van der Waals surface area contributed by atoms with E-state index in [1.54, 1.807) is 13.8 Å². The summed E-state index contributed by atoms with van der Waals surface area (Å²) in [5, 5.41) is 0. The lowest BCUT2D eigenvalue weighted by Gasteiger charge is -2.38. The van der Waals surface area contributed by atoms with Gasteiger partial charge in [-0.25, -0.2) is 0 Å². The molecule has 1 atom stereocenters. The Morgan fingerprint density at radius 3 is 2.44 bits per heavy atom. The molecule has 0 aromatic rings. The number of alkyl halides is 3. The molecule has 0 unspecified atom stereocenters. The van der Waals surface area contributed by atoms with Crippen LogP contribution in [0.25, 0.3) is 0 Å². The van der Waals surface area contributed by atoms with Crippen LogP contribution in [-0.2, 0) is 9.59 Å². The van der Waals surface area contributed by atoms with E-state index in [0.717, 1.165) is 4.90 Å².